The molecule has 2 rings (SSSR count). The van der Waals surface area contributed by atoms with Gasteiger partial charge in [-0.05, 0) is 24.8 Å². The normalized spacial score (nSPS) is 16.9. The summed E-state index contributed by atoms with van der Waals surface area (Å²) in [6.07, 6.45) is 4.48. The van der Waals surface area contributed by atoms with Crippen LogP contribution in [0.1, 0.15) is 24.8 Å². The Morgan fingerprint density at radius 1 is 1.36 bits per heavy atom. The molecule has 3 amide bonds. The van der Waals surface area contributed by atoms with Crippen molar-refractivity contribution in [2.24, 2.45) is 11.7 Å². The monoisotopic (exact) mass is 349 g/mol. The standard InChI is InChI=1S/C11H14O.C7H13N3O3/c1-2-5-10(6-3-1)9-11-7-4-8-12-11;1-9-6(12)2-5(7(8)13)3-10-4-11/h1-3,5-6,11H,4,7-9H2;4-5H,2-3H2,1H3,(H2,8,13)(H,9,12)(H,10,11)/t;5-/m.0/s1. The van der Waals surface area contributed by atoms with E-state index in [1.807, 2.05) is 0 Å². The summed E-state index contributed by atoms with van der Waals surface area (Å²) in [5, 5.41) is 4.66. The van der Waals surface area contributed by atoms with Crippen molar-refractivity contribution in [3.05, 3.63) is 35.9 Å². The molecule has 25 heavy (non-hydrogen) atoms. The molecular formula is C18H27N3O4. The third-order valence-electron chi connectivity index (χ3n) is 3.89. The summed E-state index contributed by atoms with van der Waals surface area (Å²) >= 11 is 0. The van der Waals surface area contributed by atoms with Crippen LogP contribution in [0.3, 0.4) is 0 Å². The highest BCUT2D eigenvalue weighted by atomic mass is 16.5. The van der Waals surface area contributed by atoms with Gasteiger partial charge in [-0.25, -0.2) is 0 Å². The van der Waals surface area contributed by atoms with Gasteiger partial charge in [0, 0.05) is 26.6 Å². The average molecular weight is 349 g/mol. The number of nitrogens with two attached hydrogens (primary N) is 1. The fraction of sp³-hybridized carbons (Fsp3) is 0.500. The van der Waals surface area contributed by atoms with Gasteiger partial charge in [0.1, 0.15) is 0 Å². The van der Waals surface area contributed by atoms with Crippen molar-refractivity contribution in [3.8, 4) is 0 Å². The Balaban J connectivity index is 0.000000250. The maximum atomic E-state index is 10.9. The van der Waals surface area contributed by atoms with Crippen molar-refractivity contribution in [1.29, 1.82) is 0 Å². The number of amides is 3. The van der Waals surface area contributed by atoms with Crippen molar-refractivity contribution in [2.75, 3.05) is 20.2 Å². The molecule has 0 spiro atoms. The third kappa shape index (κ3) is 8.85. The summed E-state index contributed by atoms with van der Waals surface area (Å²) in [5.74, 6) is -1.53. The third-order valence-corrected chi connectivity index (χ3v) is 3.89. The smallest absolute Gasteiger partial charge is 0.222 e. The number of primary amides is 1. The summed E-state index contributed by atoms with van der Waals surface area (Å²) in [7, 11) is 1.47. The summed E-state index contributed by atoms with van der Waals surface area (Å²) in [4.78, 5) is 31.5. The maximum Gasteiger partial charge on any atom is 0.222 e. The van der Waals surface area contributed by atoms with Gasteiger partial charge in [-0.2, -0.15) is 0 Å². The first kappa shape index (κ1) is 20.6. The van der Waals surface area contributed by atoms with Crippen LogP contribution in [0.15, 0.2) is 30.3 Å². The predicted molar refractivity (Wildman–Crippen MR) is 94.6 cm³/mol. The van der Waals surface area contributed by atoms with Gasteiger partial charge in [-0.15, -0.1) is 0 Å². The minimum absolute atomic E-state index is 0.00727. The molecule has 1 heterocycles. The van der Waals surface area contributed by atoms with Crippen LogP contribution >= 0.6 is 0 Å². The van der Waals surface area contributed by atoms with Crippen LogP contribution in [0.25, 0.3) is 0 Å². The van der Waals surface area contributed by atoms with Crippen molar-refractivity contribution < 1.29 is 19.1 Å². The molecule has 4 N–H and O–H groups in total. The largest absolute Gasteiger partial charge is 0.378 e. The lowest BCUT2D eigenvalue weighted by molar-refractivity contribution is -0.128. The summed E-state index contributed by atoms with van der Waals surface area (Å²) in [6.45, 7) is 1.05. The molecule has 1 aliphatic rings. The lowest BCUT2D eigenvalue weighted by atomic mass is 10.0. The summed E-state index contributed by atoms with van der Waals surface area (Å²) in [6, 6.07) is 10.6. The first-order chi connectivity index (χ1) is 12.1. The zero-order valence-corrected chi connectivity index (χ0v) is 14.6. The molecule has 1 aliphatic heterocycles. The van der Waals surface area contributed by atoms with Gasteiger partial charge in [0.25, 0.3) is 0 Å². The van der Waals surface area contributed by atoms with E-state index >= 15 is 0 Å². The minimum atomic E-state index is -0.648. The van der Waals surface area contributed by atoms with E-state index in [1.54, 1.807) is 0 Å². The van der Waals surface area contributed by atoms with Crippen molar-refractivity contribution in [1.82, 2.24) is 10.6 Å². The van der Waals surface area contributed by atoms with Gasteiger partial charge in [0.2, 0.25) is 18.2 Å². The van der Waals surface area contributed by atoms with Crippen molar-refractivity contribution in [3.63, 3.8) is 0 Å². The van der Waals surface area contributed by atoms with Gasteiger partial charge in [-0.1, -0.05) is 30.3 Å². The van der Waals surface area contributed by atoms with E-state index in [-0.39, 0.29) is 18.9 Å². The molecule has 2 atom stereocenters. The van der Waals surface area contributed by atoms with Gasteiger partial charge < -0.3 is 21.1 Å². The quantitative estimate of drug-likeness (QED) is 0.589. The Morgan fingerprint density at radius 3 is 2.60 bits per heavy atom. The number of hydrogen-bond acceptors (Lipinski definition) is 4. The Hall–Kier alpha value is -2.41. The SMILES string of the molecule is CNC(=O)C[C@@H](CNC=O)C(N)=O.c1ccc(CC2CCCO2)cc1. The lowest BCUT2D eigenvalue weighted by Crippen LogP contribution is -2.36. The van der Waals surface area contributed by atoms with Gasteiger partial charge in [-0.3, -0.25) is 14.4 Å². The van der Waals surface area contributed by atoms with Crippen molar-refractivity contribution >= 4 is 18.2 Å². The molecule has 1 aromatic carbocycles. The molecule has 7 heteroatoms. The number of rotatable bonds is 8. The predicted octanol–water partition coefficient (Wildman–Crippen LogP) is 0.378. The Labute approximate surface area is 148 Å². The van der Waals surface area contributed by atoms with E-state index in [0.717, 1.165) is 13.0 Å². The second kappa shape index (κ2) is 12.0. The zero-order valence-electron chi connectivity index (χ0n) is 14.6. The average Bonchev–Trinajstić information content (AvgIpc) is 3.12. The highest BCUT2D eigenvalue weighted by molar-refractivity contribution is 5.85. The molecule has 1 aromatic rings. The Bertz CT molecular complexity index is 530. The molecule has 7 nitrogen and oxygen atoms in total. The molecule has 1 saturated heterocycles. The van der Waals surface area contributed by atoms with Crippen LogP contribution in [0, 0.1) is 5.92 Å². The van der Waals surface area contributed by atoms with E-state index < -0.39 is 11.8 Å². The first-order valence-corrected chi connectivity index (χ1v) is 8.39. The van der Waals surface area contributed by atoms with Crippen LogP contribution < -0.4 is 16.4 Å². The second-order valence-corrected chi connectivity index (χ2v) is 5.83. The molecule has 0 saturated carbocycles. The van der Waals surface area contributed by atoms with Crippen LogP contribution in [0.4, 0.5) is 0 Å². The number of benzene rings is 1. The lowest BCUT2D eigenvalue weighted by Gasteiger charge is -2.10. The van der Waals surface area contributed by atoms with E-state index in [2.05, 4.69) is 41.0 Å². The number of carbonyl (C=O) groups excluding carboxylic acids is 3. The number of carbonyl (C=O) groups is 3. The maximum absolute atomic E-state index is 10.9. The van der Waals surface area contributed by atoms with Crippen LogP contribution in [0.2, 0.25) is 0 Å². The van der Waals surface area contributed by atoms with E-state index in [9.17, 15) is 14.4 Å². The van der Waals surface area contributed by atoms with Crippen LogP contribution in [0.5, 0.6) is 0 Å². The second-order valence-electron chi connectivity index (χ2n) is 5.83. The van der Waals surface area contributed by atoms with Crippen molar-refractivity contribution in [2.45, 2.75) is 31.8 Å². The fourth-order valence-electron chi connectivity index (χ4n) is 2.47. The fourth-order valence-corrected chi connectivity index (χ4v) is 2.47. The van der Waals surface area contributed by atoms with E-state index in [0.29, 0.717) is 12.5 Å². The topological polar surface area (TPSA) is 111 Å². The zero-order chi connectivity index (χ0) is 18.5. The summed E-state index contributed by atoms with van der Waals surface area (Å²) in [5.41, 5.74) is 6.40. The number of hydrogen-bond donors (Lipinski definition) is 3. The minimum Gasteiger partial charge on any atom is -0.378 e. The van der Waals surface area contributed by atoms with E-state index in [1.165, 1.54) is 25.5 Å². The van der Waals surface area contributed by atoms with Gasteiger partial charge in [0.15, 0.2) is 0 Å². The number of ether oxygens (including phenoxy) is 1. The summed E-state index contributed by atoms with van der Waals surface area (Å²) < 4.78 is 5.56. The molecule has 138 valence electrons. The van der Waals surface area contributed by atoms with Crippen LogP contribution in [-0.2, 0) is 25.5 Å². The van der Waals surface area contributed by atoms with E-state index in [4.69, 9.17) is 10.5 Å². The van der Waals surface area contributed by atoms with Gasteiger partial charge >= 0.3 is 0 Å². The highest BCUT2D eigenvalue weighted by Gasteiger charge is 2.18. The number of nitrogens with one attached hydrogen (secondary N) is 2. The molecule has 0 bridgehead atoms. The first-order valence-electron chi connectivity index (χ1n) is 8.39. The highest BCUT2D eigenvalue weighted by Crippen LogP contribution is 2.16. The van der Waals surface area contributed by atoms with Gasteiger partial charge in [0.05, 0.1) is 12.0 Å². The molecular weight excluding hydrogens is 322 g/mol. The molecule has 1 fully saturated rings. The van der Waals surface area contributed by atoms with Crippen LogP contribution in [-0.4, -0.2) is 44.5 Å². The molecule has 1 unspecified atom stereocenters. The Morgan fingerprint density at radius 2 is 2.08 bits per heavy atom. The molecule has 0 radical (unpaired) electrons. The molecule has 0 aromatic heterocycles. The molecule has 0 aliphatic carbocycles. The Kier molecular flexibility index (Phi) is 9.92.